The van der Waals surface area contributed by atoms with Crippen molar-refractivity contribution in [2.24, 2.45) is 5.41 Å². The minimum absolute atomic E-state index is 0.0460. The van der Waals surface area contributed by atoms with Crippen molar-refractivity contribution in [3.05, 3.63) is 0 Å². The minimum atomic E-state index is -0.814. The molecule has 6 heteroatoms. The normalized spacial score (nSPS) is 30.8. The van der Waals surface area contributed by atoms with E-state index in [0.717, 1.165) is 19.5 Å². The van der Waals surface area contributed by atoms with Crippen molar-refractivity contribution in [2.75, 3.05) is 40.3 Å². The molecule has 0 aliphatic carbocycles. The van der Waals surface area contributed by atoms with Gasteiger partial charge in [0.2, 0.25) is 0 Å². The zero-order valence-corrected chi connectivity index (χ0v) is 12.6. The third-order valence-corrected chi connectivity index (χ3v) is 4.74. The molecule has 0 aromatic carbocycles. The standard InChI is InChI=1S/C14H25N3O3/c1-14(12(18)19)6-8-17(10-14)13(20)16(3)9-11-5-4-7-15(11)2/h11H,4-10H2,1-3H3,(H,18,19). The Kier molecular flexibility index (Phi) is 4.22. The van der Waals surface area contributed by atoms with Gasteiger partial charge < -0.3 is 19.8 Å². The van der Waals surface area contributed by atoms with E-state index in [0.29, 0.717) is 25.6 Å². The number of rotatable bonds is 3. The van der Waals surface area contributed by atoms with Gasteiger partial charge in [-0.15, -0.1) is 0 Å². The minimum Gasteiger partial charge on any atom is -0.481 e. The molecule has 1 N–H and O–H groups in total. The van der Waals surface area contributed by atoms with Gasteiger partial charge in [-0.1, -0.05) is 0 Å². The van der Waals surface area contributed by atoms with Gasteiger partial charge in [0.25, 0.3) is 0 Å². The Morgan fingerprint density at radius 3 is 2.60 bits per heavy atom. The SMILES string of the molecule is CN(CC1CCCN1C)C(=O)N1CCC(C)(C(=O)O)C1. The molecule has 2 unspecified atom stereocenters. The van der Waals surface area contributed by atoms with Crippen LogP contribution in [0.15, 0.2) is 0 Å². The van der Waals surface area contributed by atoms with E-state index < -0.39 is 11.4 Å². The summed E-state index contributed by atoms with van der Waals surface area (Å²) in [5, 5.41) is 9.22. The summed E-state index contributed by atoms with van der Waals surface area (Å²) in [4.78, 5) is 29.3. The second kappa shape index (κ2) is 5.60. The zero-order chi connectivity index (χ0) is 14.9. The van der Waals surface area contributed by atoms with Gasteiger partial charge in [-0.05, 0) is 39.8 Å². The lowest BCUT2D eigenvalue weighted by Gasteiger charge is -2.29. The van der Waals surface area contributed by atoms with Gasteiger partial charge in [0.05, 0.1) is 5.41 Å². The predicted molar refractivity (Wildman–Crippen MR) is 75.6 cm³/mol. The number of aliphatic carboxylic acids is 1. The number of carboxylic acids is 1. The molecular weight excluding hydrogens is 258 g/mol. The molecule has 0 spiro atoms. The molecule has 0 bridgehead atoms. The van der Waals surface area contributed by atoms with Crippen molar-refractivity contribution in [1.29, 1.82) is 0 Å². The molecule has 2 aliphatic heterocycles. The first-order valence-corrected chi connectivity index (χ1v) is 7.27. The highest BCUT2D eigenvalue weighted by Gasteiger charge is 2.43. The molecule has 2 heterocycles. The quantitative estimate of drug-likeness (QED) is 0.837. The Balaban J connectivity index is 1.90. The van der Waals surface area contributed by atoms with Crippen molar-refractivity contribution < 1.29 is 14.7 Å². The van der Waals surface area contributed by atoms with Crippen LogP contribution >= 0.6 is 0 Å². The largest absolute Gasteiger partial charge is 0.481 e. The Morgan fingerprint density at radius 2 is 2.10 bits per heavy atom. The molecule has 114 valence electrons. The predicted octanol–water partition coefficient (Wildman–Crippen LogP) is 0.929. The molecule has 2 fully saturated rings. The molecule has 0 radical (unpaired) electrons. The fraction of sp³-hybridized carbons (Fsp3) is 0.857. The molecule has 2 aliphatic rings. The van der Waals surface area contributed by atoms with Crippen LogP contribution in [0.3, 0.4) is 0 Å². The molecule has 2 saturated heterocycles. The molecule has 0 aromatic heterocycles. The van der Waals surface area contributed by atoms with E-state index in [2.05, 4.69) is 11.9 Å². The number of nitrogens with zero attached hydrogens (tertiary/aromatic N) is 3. The number of carboxylic acid groups (broad SMARTS) is 1. The molecule has 6 nitrogen and oxygen atoms in total. The van der Waals surface area contributed by atoms with Crippen LogP contribution in [-0.4, -0.2) is 78.1 Å². The molecule has 2 amide bonds. The van der Waals surface area contributed by atoms with E-state index in [1.807, 2.05) is 7.05 Å². The lowest BCUT2D eigenvalue weighted by atomic mass is 9.90. The number of carbonyl (C=O) groups excluding carboxylic acids is 1. The maximum Gasteiger partial charge on any atom is 0.319 e. The van der Waals surface area contributed by atoms with Crippen molar-refractivity contribution in [3.8, 4) is 0 Å². The van der Waals surface area contributed by atoms with Gasteiger partial charge in [0.1, 0.15) is 0 Å². The third-order valence-electron chi connectivity index (χ3n) is 4.74. The molecule has 2 rings (SSSR count). The molecular formula is C14H25N3O3. The molecule has 0 aromatic rings. The van der Waals surface area contributed by atoms with Crippen LogP contribution in [0.5, 0.6) is 0 Å². The highest BCUT2D eigenvalue weighted by molar-refractivity contribution is 5.79. The number of urea groups is 1. The first kappa shape index (κ1) is 15.1. The first-order chi connectivity index (χ1) is 9.33. The van der Waals surface area contributed by atoms with Crippen LogP contribution < -0.4 is 0 Å². The molecule has 0 saturated carbocycles. The number of likely N-dealkylation sites (tertiary alicyclic amines) is 2. The summed E-state index contributed by atoms with van der Waals surface area (Å²) in [6.07, 6.45) is 2.84. The van der Waals surface area contributed by atoms with Crippen molar-refractivity contribution in [2.45, 2.75) is 32.2 Å². The van der Waals surface area contributed by atoms with Crippen molar-refractivity contribution in [1.82, 2.24) is 14.7 Å². The summed E-state index contributed by atoms with van der Waals surface area (Å²) in [5.74, 6) is -0.814. The first-order valence-electron chi connectivity index (χ1n) is 7.27. The molecule has 2 atom stereocenters. The second-order valence-corrected chi connectivity index (χ2v) is 6.48. The van der Waals surface area contributed by atoms with Gasteiger partial charge in [0, 0.05) is 32.7 Å². The Bertz CT molecular complexity index is 401. The van der Waals surface area contributed by atoms with Gasteiger partial charge in [-0.2, -0.15) is 0 Å². The van der Waals surface area contributed by atoms with Gasteiger partial charge >= 0.3 is 12.0 Å². The van der Waals surface area contributed by atoms with Gasteiger partial charge in [-0.25, -0.2) is 4.79 Å². The second-order valence-electron chi connectivity index (χ2n) is 6.48. The van der Waals surface area contributed by atoms with E-state index in [1.54, 1.807) is 16.7 Å². The van der Waals surface area contributed by atoms with Crippen LogP contribution in [-0.2, 0) is 4.79 Å². The topological polar surface area (TPSA) is 64.1 Å². The maximum absolute atomic E-state index is 12.4. The van der Waals surface area contributed by atoms with Crippen molar-refractivity contribution >= 4 is 12.0 Å². The number of carbonyl (C=O) groups is 2. The summed E-state index contributed by atoms with van der Waals surface area (Å²) < 4.78 is 0. The van der Waals surface area contributed by atoms with Crippen LogP contribution in [0.4, 0.5) is 4.79 Å². The fourth-order valence-corrected chi connectivity index (χ4v) is 3.14. The maximum atomic E-state index is 12.4. The Hall–Kier alpha value is -1.30. The van der Waals surface area contributed by atoms with Gasteiger partial charge in [-0.3, -0.25) is 4.79 Å². The van der Waals surface area contributed by atoms with Gasteiger partial charge in [0.15, 0.2) is 0 Å². The summed E-state index contributed by atoms with van der Waals surface area (Å²) in [6, 6.07) is 0.382. The van der Waals surface area contributed by atoms with E-state index in [-0.39, 0.29) is 6.03 Å². The van der Waals surface area contributed by atoms with E-state index >= 15 is 0 Å². The highest BCUT2D eigenvalue weighted by Crippen LogP contribution is 2.30. The summed E-state index contributed by atoms with van der Waals surface area (Å²) in [5.41, 5.74) is -0.791. The number of likely N-dealkylation sites (N-methyl/N-ethyl adjacent to an activating group) is 2. The average molecular weight is 283 g/mol. The fourth-order valence-electron chi connectivity index (χ4n) is 3.14. The van der Waals surface area contributed by atoms with Crippen molar-refractivity contribution in [3.63, 3.8) is 0 Å². The summed E-state index contributed by atoms with van der Waals surface area (Å²) in [6.45, 7) is 4.37. The lowest BCUT2D eigenvalue weighted by molar-refractivity contribution is -0.147. The van der Waals surface area contributed by atoms with Crippen LogP contribution in [0.2, 0.25) is 0 Å². The van der Waals surface area contributed by atoms with E-state index in [4.69, 9.17) is 0 Å². The van der Waals surface area contributed by atoms with Crippen LogP contribution in [0.1, 0.15) is 26.2 Å². The summed E-state index contributed by atoms with van der Waals surface area (Å²) >= 11 is 0. The monoisotopic (exact) mass is 283 g/mol. The van der Waals surface area contributed by atoms with E-state index in [1.165, 1.54) is 6.42 Å². The lowest BCUT2D eigenvalue weighted by Crippen LogP contribution is -2.46. The Morgan fingerprint density at radius 1 is 1.40 bits per heavy atom. The highest BCUT2D eigenvalue weighted by atomic mass is 16.4. The average Bonchev–Trinajstić information content (AvgIpc) is 2.97. The number of hydrogen-bond acceptors (Lipinski definition) is 3. The summed E-state index contributed by atoms with van der Waals surface area (Å²) in [7, 11) is 3.90. The smallest absolute Gasteiger partial charge is 0.319 e. The van der Waals surface area contributed by atoms with Crippen LogP contribution in [0.25, 0.3) is 0 Å². The number of amides is 2. The molecule has 20 heavy (non-hydrogen) atoms. The number of hydrogen-bond donors (Lipinski definition) is 1. The third kappa shape index (κ3) is 2.90. The zero-order valence-electron chi connectivity index (χ0n) is 12.6. The Labute approximate surface area is 120 Å². The van der Waals surface area contributed by atoms with E-state index in [9.17, 15) is 14.7 Å². The van der Waals surface area contributed by atoms with Crippen LogP contribution in [0, 0.1) is 5.41 Å².